The first-order valence-corrected chi connectivity index (χ1v) is 10.8. The van der Waals surface area contributed by atoms with E-state index in [4.69, 9.17) is 4.98 Å². The zero-order valence-electron chi connectivity index (χ0n) is 17.2. The van der Waals surface area contributed by atoms with Gasteiger partial charge in [-0.15, -0.1) is 0 Å². The highest BCUT2D eigenvalue weighted by Crippen LogP contribution is 2.31. The highest BCUT2D eigenvalue weighted by Gasteiger charge is 2.16. The van der Waals surface area contributed by atoms with Crippen molar-refractivity contribution < 1.29 is 0 Å². The lowest BCUT2D eigenvalue weighted by atomic mass is 10.0. The first-order chi connectivity index (χ1) is 15.2. The Morgan fingerprint density at radius 3 is 2.90 bits per heavy atom. The van der Waals surface area contributed by atoms with Crippen molar-refractivity contribution in [2.45, 2.75) is 13.8 Å². The first-order valence-electron chi connectivity index (χ1n) is 9.87. The maximum Gasteiger partial charge on any atom is 0.181 e. The molecule has 0 saturated carbocycles. The van der Waals surface area contributed by atoms with E-state index in [1.165, 1.54) is 0 Å². The fourth-order valence-corrected chi connectivity index (χ4v) is 4.18. The summed E-state index contributed by atoms with van der Waals surface area (Å²) in [6, 6.07) is 6.08. The lowest BCUT2D eigenvalue weighted by Gasteiger charge is -2.03. The maximum atomic E-state index is 4.87. The second-order valence-corrected chi connectivity index (χ2v) is 7.96. The van der Waals surface area contributed by atoms with Crippen molar-refractivity contribution >= 4 is 39.0 Å². The molecule has 0 aromatic carbocycles. The fraction of sp³-hybridized carbons (Fsp3) is 0.0833. The Morgan fingerprint density at radius 2 is 2.13 bits per heavy atom. The normalized spacial score (nSPS) is 12.7. The molecule has 0 fully saturated rings. The van der Waals surface area contributed by atoms with Gasteiger partial charge in [0.25, 0.3) is 0 Å². The average Bonchev–Trinajstić information content (AvgIpc) is 3.55. The molecule has 0 aliphatic rings. The smallest absolute Gasteiger partial charge is 0.181 e. The molecule has 5 aromatic rings. The predicted octanol–water partition coefficient (Wildman–Crippen LogP) is 6.16. The van der Waals surface area contributed by atoms with E-state index in [9.17, 15) is 0 Å². The molecule has 0 aliphatic carbocycles. The van der Waals surface area contributed by atoms with Gasteiger partial charge in [0.2, 0.25) is 0 Å². The molecule has 5 rings (SSSR count). The van der Waals surface area contributed by atoms with E-state index in [0.717, 1.165) is 50.1 Å². The minimum Gasteiger partial charge on any atom is -0.337 e. The molecule has 0 unspecified atom stereocenters. The van der Waals surface area contributed by atoms with Gasteiger partial charge in [0.15, 0.2) is 11.5 Å². The number of aromatic nitrogens is 6. The number of imidazole rings is 1. The van der Waals surface area contributed by atoms with Crippen LogP contribution in [0.15, 0.2) is 71.7 Å². The van der Waals surface area contributed by atoms with Gasteiger partial charge in [0, 0.05) is 28.9 Å². The number of hydrogen-bond donors (Lipinski definition) is 2. The molecule has 6 nitrogen and oxygen atoms in total. The van der Waals surface area contributed by atoms with Crippen LogP contribution < -0.4 is 0 Å². The van der Waals surface area contributed by atoms with Crippen molar-refractivity contribution in [3.63, 3.8) is 0 Å². The van der Waals surface area contributed by atoms with E-state index in [1.54, 1.807) is 17.5 Å². The lowest BCUT2D eigenvalue weighted by molar-refractivity contribution is 1.09. The van der Waals surface area contributed by atoms with E-state index in [-0.39, 0.29) is 0 Å². The minimum atomic E-state index is 0.648. The van der Waals surface area contributed by atoms with Gasteiger partial charge < -0.3 is 4.98 Å². The monoisotopic (exact) mass is 424 g/mol. The quantitative estimate of drug-likeness (QED) is 0.331. The predicted molar refractivity (Wildman–Crippen MR) is 128 cm³/mol. The van der Waals surface area contributed by atoms with E-state index in [2.05, 4.69) is 61.4 Å². The maximum absolute atomic E-state index is 4.87. The number of nitrogens with zero attached hydrogens (tertiary/aromatic N) is 4. The topological polar surface area (TPSA) is 83.1 Å². The molecule has 5 aromatic heterocycles. The van der Waals surface area contributed by atoms with Gasteiger partial charge in [0.1, 0.15) is 11.2 Å². The molecule has 0 amide bonds. The molecular formula is C24H20N6S. The van der Waals surface area contributed by atoms with Crippen molar-refractivity contribution in [3.8, 4) is 22.8 Å². The average molecular weight is 425 g/mol. The van der Waals surface area contributed by atoms with Crippen LogP contribution >= 0.6 is 11.3 Å². The Labute approximate surface area is 183 Å². The highest BCUT2D eigenvalue weighted by molar-refractivity contribution is 7.08. The van der Waals surface area contributed by atoms with Crippen LogP contribution in [-0.2, 0) is 0 Å². The number of fused-ring (bicyclic) bond motifs is 2. The van der Waals surface area contributed by atoms with Gasteiger partial charge in [-0.25, -0.2) is 9.97 Å². The molecule has 0 atom stereocenters. The molecule has 31 heavy (non-hydrogen) atoms. The summed E-state index contributed by atoms with van der Waals surface area (Å²) in [5.74, 6) is 0.709. The Balaban J connectivity index is 1.65. The van der Waals surface area contributed by atoms with Crippen LogP contribution in [0.5, 0.6) is 0 Å². The van der Waals surface area contributed by atoms with E-state index >= 15 is 0 Å². The summed E-state index contributed by atoms with van der Waals surface area (Å²) in [6.07, 6.45) is 9.64. The number of thiophene rings is 1. The van der Waals surface area contributed by atoms with Crippen LogP contribution in [0.25, 0.3) is 50.4 Å². The van der Waals surface area contributed by atoms with E-state index in [0.29, 0.717) is 11.5 Å². The summed E-state index contributed by atoms with van der Waals surface area (Å²) in [7, 11) is 0. The van der Waals surface area contributed by atoms with Gasteiger partial charge in [-0.2, -0.15) is 16.4 Å². The van der Waals surface area contributed by atoms with Gasteiger partial charge in [-0.1, -0.05) is 30.4 Å². The number of allylic oxidation sites excluding steroid dienone is 5. The Hall–Kier alpha value is -3.84. The Morgan fingerprint density at radius 1 is 1.23 bits per heavy atom. The zero-order chi connectivity index (χ0) is 21.4. The number of pyridine rings is 2. The standard InChI is InChI=1S/C24H20N6S/c1-4-14(3)10-15(5-2)17-11-18-21(29-30-23(18)26-12-17)24-27-19-6-8-25-20(22(19)28-24)16-7-9-31-13-16/h4-13H,1H2,2-3H3,(H,27,28)(H,26,29,30)/b14-10-,15-5+. The van der Waals surface area contributed by atoms with Crippen molar-refractivity contribution in [3.05, 3.63) is 77.3 Å². The summed E-state index contributed by atoms with van der Waals surface area (Å²) in [6.45, 7) is 7.88. The van der Waals surface area contributed by atoms with Crippen molar-refractivity contribution in [1.82, 2.24) is 30.1 Å². The fourth-order valence-electron chi connectivity index (χ4n) is 3.54. The van der Waals surface area contributed by atoms with Crippen molar-refractivity contribution in [1.29, 1.82) is 0 Å². The number of aromatic amines is 2. The van der Waals surface area contributed by atoms with Crippen LogP contribution in [0, 0.1) is 0 Å². The summed E-state index contributed by atoms with van der Waals surface area (Å²) >= 11 is 1.64. The zero-order valence-corrected chi connectivity index (χ0v) is 18.0. The SMILES string of the molecule is C=C/C(C)=C\C(=C/C)c1cnc2n[nH]c(-c3nc4c(-c5ccsc5)nccc4[nH]3)c2c1. The molecule has 2 N–H and O–H groups in total. The van der Waals surface area contributed by atoms with Crippen LogP contribution in [0.3, 0.4) is 0 Å². The molecular weight excluding hydrogens is 404 g/mol. The summed E-state index contributed by atoms with van der Waals surface area (Å²) in [5.41, 5.74) is 8.32. The van der Waals surface area contributed by atoms with Gasteiger partial charge in [-0.3, -0.25) is 10.1 Å². The highest BCUT2D eigenvalue weighted by atomic mass is 32.1. The number of nitrogens with one attached hydrogen (secondary N) is 2. The summed E-state index contributed by atoms with van der Waals surface area (Å²) in [4.78, 5) is 17.4. The van der Waals surface area contributed by atoms with Crippen LogP contribution in [0.1, 0.15) is 19.4 Å². The van der Waals surface area contributed by atoms with E-state index < -0.39 is 0 Å². The molecule has 0 radical (unpaired) electrons. The number of hydrogen-bond acceptors (Lipinski definition) is 5. The summed E-state index contributed by atoms with van der Waals surface area (Å²) in [5, 5.41) is 12.5. The van der Waals surface area contributed by atoms with Crippen LogP contribution in [0.4, 0.5) is 0 Å². The van der Waals surface area contributed by atoms with Gasteiger partial charge in [-0.05, 0) is 43.0 Å². The molecule has 7 heteroatoms. The number of rotatable bonds is 5. The molecule has 152 valence electrons. The van der Waals surface area contributed by atoms with Gasteiger partial charge >= 0.3 is 0 Å². The van der Waals surface area contributed by atoms with Gasteiger partial charge in [0.05, 0.1) is 16.6 Å². The van der Waals surface area contributed by atoms with Crippen LogP contribution in [0.2, 0.25) is 0 Å². The number of H-pyrrole nitrogens is 2. The Kier molecular flexibility index (Phi) is 4.80. The third-order valence-corrected chi connectivity index (χ3v) is 5.87. The molecule has 0 aliphatic heterocycles. The van der Waals surface area contributed by atoms with Crippen LogP contribution in [-0.4, -0.2) is 30.1 Å². The summed E-state index contributed by atoms with van der Waals surface area (Å²) < 4.78 is 0. The molecule has 0 saturated heterocycles. The van der Waals surface area contributed by atoms with Crippen molar-refractivity contribution in [2.24, 2.45) is 0 Å². The third kappa shape index (κ3) is 3.39. The third-order valence-electron chi connectivity index (χ3n) is 5.19. The minimum absolute atomic E-state index is 0.648. The first kappa shape index (κ1) is 19.1. The molecule has 0 bridgehead atoms. The van der Waals surface area contributed by atoms with E-state index in [1.807, 2.05) is 37.6 Å². The molecule has 0 spiro atoms. The lowest BCUT2D eigenvalue weighted by Crippen LogP contribution is -1.87. The Bertz CT molecular complexity index is 1470. The second kappa shape index (κ2) is 7.77. The molecule has 5 heterocycles. The largest absolute Gasteiger partial charge is 0.337 e. The second-order valence-electron chi connectivity index (χ2n) is 7.18. The van der Waals surface area contributed by atoms with Crippen molar-refractivity contribution in [2.75, 3.05) is 0 Å².